The standard InChI is InChI=1S/C14H24N4S/c1-3-15-14(18-12-6-4-5-7-12)16-9-8-13-10-19-11(2)17-13/h10,12H,3-9H2,1-2H3,(H2,15,16,18). The minimum atomic E-state index is 0.610. The number of nitrogens with one attached hydrogen (secondary N) is 2. The topological polar surface area (TPSA) is 49.3 Å². The number of nitrogens with zero attached hydrogens (tertiary/aromatic N) is 2. The number of thiazole rings is 1. The number of hydrogen-bond acceptors (Lipinski definition) is 3. The van der Waals surface area contributed by atoms with E-state index in [9.17, 15) is 0 Å². The van der Waals surface area contributed by atoms with Crippen LogP contribution in [0.15, 0.2) is 10.4 Å². The number of rotatable bonds is 5. The van der Waals surface area contributed by atoms with Gasteiger partial charge in [-0.2, -0.15) is 0 Å². The molecule has 0 saturated heterocycles. The molecular weight excluding hydrogens is 256 g/mol. The van der Waals surface area contributed by atoms with Crippen LogP contribution < -0.4 is 10.6 Å². The molecule has 1 fully saturated rings. The van der Waals surface area contributed by atoms with E-state index in [0.717, 1.165) is 36.2 Å². The van der Waals surface area contributed by atoms with Crippen molar-refractivity contribution < 1.29 is 0 Å². The Bertz CT molecular complexity index is 407. The summed E-state index contributed by atoms with van der Waals surface area (Å²) in [7, 11) is 0. The van der Waals surface area contributed by atoms with E-state index >= 15 is 0 Å². The summed E-state index contributed by atoms with van der Waals surface area (Å²) in [4.78, 5) is 9.11. The Hall–Kier alpha value is -1.10. The van der Waals surface area contributed by atoms with Gasteiger partial charge < -0.3 is 10.6 Å². The molecule has 4 nitrogen and oxygen atoms in total. The second-order valence-electron chi connectivity index (χ2n) is 4.99. The first kappa shape index (κ1) is 14.3. The Morgan fingerprint density at radius 1 is 1.47 bits per heavy atom. The summed E-state index contributed by atoms with van der Waals surface area (Å²) in [6.07, 6.45) is 6.15. The van der Waals surface area contributed by atoms with Gasteiger partial charge in [0.25, 0.3) is 0 Å². The van der Waals surface area contributed by atoms with Gasteiger partial charge >= 0.3 is 0 Å². The van der Waals surface area contributed by atoms with E-state index in [1.165, 1.54) is 25.7 Å². The normalized spacial score (nSPS) is 16.8. The van der Waals surface area contributed by atoms with Crippen molar-refractivity contribution in [1.29, 1.82) is 0 Å². The van der Waals surface area contributed by atoms with E-state index in [0.29, 0.717) is 6.04 Å². The second-order valence-corrected chi connectivity index (χ2v) is 6.06. The van der Waals surface area contributed by atoms with E-state index in [1.807, 2.05) is 6.92 Å². The Kier molecular flexibility index (Phi) is 5.63. The second kappa shape index (κ2) is 7.48. The molecule has 1 aliphatic carbocycles. The predicted octanol–water partition coefficient (Wildman–Crippen LogP) is 2.49. The third kappa shape index (κ3) is 4.82. The molecule has 0 aliphatic heterocycles. The third-order valence-corrected chi connectivity index (χ3v) is 4.17. The molecule has 2 rings (SSSR count). The molecule has 0 aromatic carbocycles. The summed E-state index contributed by atoms with van der Waals surface area (Å²) < 4.78 is 0. The monoisotopic (exact) mass is 280 g/mol. The zero-order valence-electron chi connectivity index (χ0n) is 11.9. The van der Waals surface area contributed by atoms with Crippen molar-refractivity contribution in [2.24, 2.45) is 4.99 Å². The number of guanidine groups is 1. The molecule has 0 bridgehead atoms. The highest BCUT2D eigenvalue weighted by molar-refractivity contribution is 7.09. The average Bonchev–Trinajstić information content (AvgIpc) is 3.01. The lowest BCUT2D eigenvalue weighted by atomic mass is 10.2. The number of aliphatic imine (C=N–C) groups is 1. The largest absolute Gasteiger partial charge is 0.357 e. The lowest BCUT2D eigenvalue weighted by molar-refractivity contribution is 0.614. The summed E-state index contributed by atoms with van der Waals surface area (Å²) in [6, 6.07) is 0.610. The smallest absolute Gasteiger partial charge is 0.191 e. The van der Waals surface area contributed by atoms with Gasteiger partial charge in [-0.3, -0.25) is 4.99 Å². The molecule has 19 heavy (non-hydrogen) atoms. The van der Waals surface area contributed by atoms with Crippen LogP contribution in [0, 0.1) is 6.92 Å². The summed E-state index contributed by atoms with van der Waals surface area (Å²) in [5.74, 6) is 0.960. The quantitative estimate of drug-likeness (QED) is 0.643. The van der Waals surface area contributed by atoms with Crippen molar-refractivity contribution in [1.82, 2.24) is 15.6 Å². The van der Waals surface area contributed by atoms with Crippen molar-refractivity contribution in [3.05, 3.63) is 16.1 Å². The molecule has 0 unspecified atom stereocenters. The van der Waals surface area contributed by atoms with Crippen LogP contribution in [0.5, 0.6) is 0 Å². The highest BCUT2D eigenvalue weighted by Crippen LogP contribution is 2.17. The van der Waals surface area contributed by atoms with Gasteiger partial charge in [0, 0.05) is 30.9 Å². The van der Waals surface area contributed by atoms with Crippen molar-refractivity contribution in [2.75, 3.05) is 13.1 Å². The molecule has 0 spiro atoms. The van der Waals surface area contributed by atoms with Crippen LogP contribution in [0.2, 0.25) is 0 Å². The third-order valence-electron chi connectivity index (χ3n) is 3.34. The highest BCUT2D eigenvalue weighted by Gasteiger charge is 2.15. The summed E-state index contributed by atoms with van der Waals surface area (Å²) >= 11 is 1.71. The van der Waals surface area contributed by atoms with E-state index in [2.05, 4.69) is 32.9 Å². The maximum Gasteiger partial charge on any atom is 0.191 e. The molecule has 1 aliphatic rings. The molecule has 0 atom stereocenters. The van der Waals surface area contributed by atoms with Crippen LogP contribution in [-0.4, -0.2) is 30.1 Å². The molecule has 1 aromatic rings. The number of hydrogen-bond donors (Lipinski definition) is 2. The van der Waals surface area contributed by atoms with E-state index in [1.54, 1.807) is 11.3 Å². The molecule has 0 radical (unpaired) electrons. The fraction of sp³-hybridized carbons (Fsp3) is 0.714. The fourth-order valence-corrected chi connectivity index (χ4v) is 3.04. The van der Waals surface area contributed by atoms with E-state index in [-0.39, 0.29) is 0 Å². The van der Waals surface area contributed by atoms with Gasteiger partial charge in [0.1, 0.15) is 0 Å². The first-order chi connectivity index (χ1) is 9.28. The molecule has 0 amide bonds. The van der Waals surface area contributed by atoms with Crippen LogP contribution in [0.3, 0.4) is 0 Å². The summed E-state index contributed by atoms with van der Waals surface area (Å²) in [6.45, 7) is 5.86. The summed E-state index contributed by atoms with van der Waals surface area (Å²) in [5.41, 5.74) is 1.16. The van der Waals surface area contributed by atoms with Gasteiger partial charge in [0.15, 0.2) is 5.96 Å². The number of aryl methyl sites for hydroxylation is 1. The molecule has 5 heteroatoms. The first-order valence-electron chi connectivity index (χ1n) is 7.23. The minimum Gasteiger partial charge on any atom is -0.357 e. The van der Waals surface area contributed by atoms with Gasteiger partial charge in [-0.25, -0.2) is 4.98 Å². The zero-order valence-corrected chi connectivity index (χ0v) is 12.7. The zero-order chi connectivity index (χ0) is 13.5. The SMILES string of the molecule is CCNC(=NCCc1csc(C)n1)NC1CCCC1. The lowest BCUT2D eigenvalue weighted by Gasteiger charge is -2.16. The molecule has 1 aromatic heterocycles. The van der Waals surface area contributed by atoms with Crippen LogP contribution in [0.1, 0.15) is 43.3 Å². The van der Waals surface area contributed by atoms with Crippen molar-refractivity contribution in [2.45, 2.75) is 52.0 Å². The van der Waals surface area contributed by atoms with Gasteiger partial charge in [0.2, 0.25) is 0 Å². The molecule has 2 N–H and O–H groups in total. The maximum atomic E-state index is 4.64. The predicted molar refractivity (Wildman–Crippen MR) is 81.9 cm³/mol. The van der Waals surface area contributed by atoms with E-state index in [4.69, 9.17) is 0 Å². The van der Waals surface area contributed by atoms with Crippen LogP contribution in [0.4, 0.5) is 0 Å². The lowest BCUT2D eigenvalue weighted by Crippen LogP contribution is -2.42. The molecule has 1 saturated carbocycles. The minimum absolute atomic E-state index is 0.610. The van der Waals surface area contributed by atoms with E-state index < -0.39 is 0 Å². The van der Waals surface area contributed by atoms with Gasteiger partial charge in [-0.15, -0.1) is 11.3 Å². The summed E-state index contributed by atoms with van der Waals surface area (Å²) in [5, 5.41) is 10.1. The van der Waals surface area contributed by atoms with Crippen molar-refractivity contribution in [3.8, 4) is 0 Å². The van der Waals surface area contributed by atoms with Gasteiger partial charge in [0.05, 0.1) is 10.7 Å². The van der Waals surface area contributed by atoms with Gasteiger partial charge in [-0.1, -0.05) is 12.8 Å². The molecule has 1 heterocycles. The Labute approximate surface area is 119 Å². The van der Waals surface area contributed by atoms with Crippen LogP contribution in [-0.2, 0) is 6.42 Å². The molecule has 106 valence electrons. The average molecular weight is 280 g/mol. The molecular formula is C14H24N4S. The Morgan fingerprint density at radius 3 is 2.89 bits per heavy atom. The maximum absolute atomic E-state index is 4.64. The number of aromatic nitrogens is 1. The Balaban J connectivity index is 1.81. The van der Waals surface area contributed by atoms with Crippen molar-refractivity contribution in [3.63, 3.8) is 0 Å². The first-order valence-corrected chi connectivity index (χ1v) is 8.11. The van der Waals surface area contributed by atoms with Crippen LogP contribution in [0.25, 0.3) is 0 Å². The Morgan fingerprint density at radius 2 is 2.26 bits per heavy atom. The highest BCUT2D eigenvalue weighted by atomic mass is 32.1. The van der Waals surface area contributed by atoms with Gasteiger partial charge in [-0.05, 0) is 26.7 Å². The fourth-order valence-electron chi connectivity index (χ4n) is 2.39. The van der Waals surface area contributed by atoms with Crippen LogP contribution >= 0.6 is 11.3 Å². The van der Waals surface area contributed by atoms with Crippen molar-refractivity contribution >= 4 is 17.3 Å².